The number of hydrogen-bond acceptors (Lipinski definition) is 3. The minimum Gasteiger partial charge on any atom is -0.488 e. The lowest BCUT2D eigenvalue weighted by Gasteiger charge is -2.28. The fourth-order valence-corrected chi connectivity index (χ4v) is 2.53. The average Bonchev–Trinajstić information content (AvgIpc) is 2.52. The summed E-state index contributed by atoms with van der Waals surface area (Å²) in [4.78, 5) is 4.06. The van der Waals surface area contributed by atoms with Gasteiger partial charge in [0.15, 0.2) is 0 Å². The number of nitrogen functional groups attached to an aromatic ring is 1. The number of rotatable bonds is 8. The van der Waals surface area contributed by atoms with Gasteiger partial charge in [-0.3, -0.25) is 4.99 Å². The van der Waals surface area contributed by atoms with Gasteiger partial charge in [-0.25, -0.2) is 0 Å². The molecule has 0 fully saturated rings. The Kier molecular flexibility index (Phi) is 7.08. The normalized spacial score (nSPS) is 13.5. The second-order valence-electron chi connectivity index (χ2n) is 6.39. The van der Waals surface area contributed by atoms with Crippen LogP contribution in [0, 0.1) is 0 Å². The molecule has 0 aliphatic carbocycles. The first-order valence-electron chi connectivity index (χ1n) is 8.21. The Balaban J connectivity index is 2.91. The highest BCUT2D eigenvalue weighted by atomic mass is 16.5. The highest BCUT2D eigenvalue weighted by Gasteiger charge is 2.21. The van der Waals surface area contributed by atoms with Crippen LogP contribution in [-0.4, -0.2) is 12.3 Å². The molecule has 0 aliphatic rings. The zero-order valence-corrected chi connectivity index (χ0v) is 15.1. The topological polar surface area (TPSA) is 47.6 Å². The molecule has 2 N–H and O–H groups in total. The van der Waals surface area contributed by atoms with Crippen molar-refractivity contribution in [2.24, 2.45) is 4.99 Å². The van der Waals surface area contributed by atoms with Gasteiger partial charge in [0.25, 0.3) is 0 Å². The van der Waals surface area contributed by atoms with E-state index in [-0.39, 0.29) is 5.60 Å². The Labute approximate surface area is 141 Å². The second kappa shape index (κ2) is 8.56. The van der Waals surface area contributed by atoms with Crippen LogP contribution in [0.2, 0.25) is 0 Å². The second-order valence-corrected chi connectivity index (χ2v) is 6.39. The van der Waals surface area contributed by atoms with E-state index in [1.165, 1.54) is 11.1 Å². The van der Waals surface area contributed by atoms with E-state index in [9.17, 15) is 0 Å². The van der Waals surface area contributed by atoms with E-state index in [4.69, 9.17) is 10.5 Å². The molecule has 0 saturated carbocycles. The number of anilines is 1. The van der Waals surface area contributed by atoms with E-state index in [1.54, 1.807) is 0 Å². The molecule has 1 rings (SSSR count). The zero-order valence-electron chi connectivity index (χ0n) is 15.1. The van der Waals surface area contributed by atoms with E-state index >= 15 is 0 Å². The summed E-state index contributed by atoms with van der Waals surface area (Å²) >= 11 is 0. The number of ether oxygens (including phenoxy) is 1. The molecular formula is C20H30N2O. The molecule has 23 heavy (non-hydrogen) atoms. The predicted octanol–water partition coefficient (Wildman–Crippen LogP) is 5.54. The number of nitrogens with two attached hydrogens (primary N) is 1. The van der Waals surface area contributed by atoms with E-state index in [0.29, 0.717) is 0 Å². The van der Waals surface area contributed by atoms with Crippen molar-refractivity contribution in [2.75, 3.05) is 5.73 Å². The van der Waals surface area contributed by atoms with Gasteiger partial charge in [0, 0.05) is 17.8 Å². The van der Waals surface area contributed by atoms with Gasteiger partial charge in [-0.15, -0.1) is 0 Å². The van der Waals surface area contributed by atoms with Gasteiger partial charge in [0.1, 0.15) is 11.4 Å². The molecule has 0 aromatic heterocycles. The van der Waals surface area contributed by atoms with Crippen molar-refractivity contribution in [3.8, 4) is 5.75 Å². The first-order valence-corrected chi connectivity index (χ1v) is 8.21. The molecule has 3 nitrogen and oxygen atoms in total. The monoisotopic (exact) mass is 314 g/mol. The van der Waals surface area contributed by atoms with Crippen LogP contribution in [0.5, 0.6) is 5.75 Å². The van der Waals surface area contributed by atoms with Crippen LogP contribution in [0.4, 0.5) is 5.69 Å². The molecule has 3 heteroatoms. The molecule has 1 aromatic rings. The quantitative estimate of drug-likeness (QED) is 0.389. The van der Waals surface area contributed by atoms with Crippen LogP contribution in [0.25, 0.3) is 0 Å². The molecular weight excluding hydrogens is 284 g/mol. The van der Waals surface area contributed by atoms with Crippen LogP contribution in [-0.2, 0) is 0 Å². The Morgan fingerprint density at radius 2 is 1.83 bits per heavy atom. The first kappa shape index (κ1) is 19.0. The van der Waals surface area contributed by atoms with Gasteiger partial charge in [-0.1, -0.05) is 25.5 Å². The molecule has 0 spiro atoms. The van der Waals surface area contributed by atoms with Crippen molar-refractivity contribution in [3.63, 3.8) is 0 Å². The number of hydrogen-bond donors (Lipinski definition) is 1. The molecule has 1 aromatic carbocycles. The molecule has 0 unspecified atom stereocenters. The summed E-state index contributed by atoms with van der Waals surface area (Å²) in [6.45, 7) is 14.2. The lowest BCUT2D eigenvalue weighted by molar-refractivity contribution is 0.109. The molecule has 0 atom stereocenters. The number of benzene rings is 1. The van der Waals surface area contributed by atoms with Gasteiger partial charge in [0.05, 0.1) is 0 Å². The van der Waals surface area contributed by atoms with Gasteiger partial charge in [-0.05, 0) is 70.2 Å². The maximum atomic E-state index is 6.14. The molecule has 0 heterocycles. The minimum absolute atomic E-state index is 0.285. The van der Waals surface area contributed by atoms with Crippen LogP contribution in [0.1, 0.15) is 53.9 Å². The lowest BCUT2D eigenvalue weighted by Crippen LogP contribution is -2.28. The van der Waals surface area contributed by atoms with Crippen molar-refractivity contribution in [1.29, 1.82) is 0 Å². The molecule has 0 bridgehead atoms. The van der Waals surface area contributed by atoms with Crippen LogP contribution in [0.15, 0.2) is 52.2 Å². The van der Waals surface area contributed by atoms with Crippen molar-refractivity contribution >= 4 is 12.4 Å². The average molecular weight is 314 g/mol. The summed E-state index contributed by atoms with van der Waals surface area (Å²) in [5, 5.41) is 0. The Morgan fingerprint density at radius 1 is 1.22 bits per heavy atom. The third kappa shape index (κ3) is 6.31. The fraction of sp³-hybridized carbons (Fsp3) is 0.450. The number of aliphatic imine (C=N–C) groups is 1. The Hall–Kier alpha value is -2.03. The summed E-state index contributed by atoms with van der Waals surface area (Å²) in [5.74, 6) is 0.842. The summed E-state index contributed by atoms with van der Waals surface area (Å²) in [7, 11) is 0. The smallest absolute Gasteiger partial charge is 0.120 e. The van der Waals surface area contributed by atoms with Crippen molar-refractivity contribution in [1.82, 2.24) is 0 Å². The first-order chi connectivity index (χ1) is 10.8. The number of allylic oxidation sites excluding steroid dienone is 3. The molecule has 126 valence electrons. The Morgan fingerprint density at radius 3 is 2.30 bits per heavy atom. The SMILES string of the molecule is C=N/C(C)=C(\C=C(\CC)CC(C)(C)Oc1ccc(N)cc1)CC. The molecule has 0 amide bonds. The number of nitrogens with zero attached hydrogens (tertiary/aromatic N) is 1. The summed E-state index contributed by atoms with van der Waals surface area (Å²) < 4.78 is 6.14. The van der Waals surface area contributed by atoms with E-state index in [1.807, 2.05) is 31.2 Å². The van der Waals surface area contributed by atoms with Crippen LogP contribution < -0.4 is 10.5 Å². The van der Waals surface area contributed by atoms with Crippen molar-refractivity contribution in [2.45, 2.75) is 59.5 Å². The molecule has 0 saturated heterocycles. The van der Waals surface area contributed by atoms with Crippen LogP contribution >= 0.6 is 0 Å². The summed E-state index contributed by atoms with van der Waals surface area (Å²) in [5.41, 5.74) is 9.76. The van der Waals surface area contributed by atoms with Gasteiger partial charge < -0.3 is 10.5 Å². The van der Waals surface area contributed by atoms with E-state index < -0.39 is 0 Å². The third-order valence-corrected chi connectivity index (χ3v) is 3.84. The minimum atomic E-state index is -0.285. The predicted molar refractivity (Wildman–Crippen MR) is 101 cm³/mol. The van der Waals surface area contributed by atoms with E-state index in [0.717, 1.165) is 36.4 Å². The van der Waals surface area contributed by atoms with Gasteiger partial charge >= 0.3 is 0 Å². The molecule has 0 radical (unpaired) electrons. The zero-order chi connectivity index (χ0) is 17.5. The third-order valence-electron chi connectivity index (χ3n) is 3.84. The highest BCUT2D eigenvalue weighted by Crippen LogP contribution is 2.27. The molecule has 0 aliphatic heterocycles. The Bertz CT molecular complexity index is 580. The van der Waals surface area contributed by atoms with Crippen molar-refractivity contribution in [3.05, 3.63) is 47.2 Å². The van der Waals surface area contributed by atoms with Crippen molar-refractivity contribution < 1.29 is 4.74 Å². The fourth-order valence-electron chi connectivity index (χ4n) is 2.53. The largest absolute Gasteiger partial charge is 0.488 e. The summed E-state index contributed by atoms with van der Waals surface area (Å²) in [6.07, 6.45) is 5.05. The highest BCUT2D eigenvalue weighted by molar-refractivity contribution is 5.41. The maximum Gasteiger partial charge on any atom is 0.120 e. The lowest BCUT2D eigenvalue weighted by atomic mass is 9.94. The van der Waals surface area contributed by atoms with Gasteiger partial charge in [0.2, 0.25) is 0 Å². The van der Waals surface area contributed by atoms with Gasteiger partial charge in [-0.2, -0.15) is 0 Å². The summed E-state index contributed by atoms with van der Waals surface area (Å²) in [6, 6.07) is 7.54. The van der Waals surface area contributed by atoms with E-state index in [2.05, 4.69) is 45.5 Å². The van der Waals surface area contributed by atoms with Crippen LogP contribution in [0.3, 0.4) is 0 Å². The standard InChI is InChI=1S/C20H30N2O/c1-7-16(13-17(8-2)15(3)22-6)14-20(4,5)23-19-11-9-18(21)10-12-19/h9-13H,6-8,14,21H2,1-5H3/b16-13-,17-15-. The maximum absolute atomic E-state index is 6.14.